The van der Waals surface area contributed by atoms with Gasteiger partial charge in [-0.3, -0.25) is 0 Å². The Bertz CT molecular complexity index is 2770. The number of furan rings is 2. The van der Waals surface area contributed by atoms with E-state index in [0.29, 0.717) is 5.84 Å². The van der Waals surface area contributed by atoms with Gasteiger partial charge in [0.15, 0.2) is 5.84 Å². The first-order valence-corrected chi connectivity index (χ1v) is 16.8. The van der Waals surface area contributed by atoms with E-state index >= 15 is 0 Å². The summed E-state index contributed by atoms with van der Waals surface area (Å²) in [6, 6.07) is 56.3. The maximum atomic E-state index is 6.54. The fourth-order valence-electron chi connectivity index (χ4n) is 7.09. The zero-order valence-electron chi connectivity index (χ0n) is 26.9. The van der Waals surface area contributed by atoms with Gasteiger partial charge in [-0.15, -0.1) is 0 Å². The minimum absolute atomic E-state index is 0.382. The zero-order valence-corrected chi connectivity index (χ0v) is 26.9. The number of para-hydroxylation sites is 1. The van der Waals surface area contributed by atoms with Gasteiger partial charge in [0, 0.05) is 38.2 Å². The molecule has 2 aromatic heterocycles. The summed E-state index contributed by atoms with van der Waals surface area (Å²) in [5.74, 6) is 1.46. The van der Waals surface area contributed by atoms with Gasteiger partial charge in [0.1, 0.15) is 34.3 Å². The molecule has 0 spiro atoms. The summed E-state index contributed by atoms with van der Waals surface area (Å²) in [6.45, 7) is 0. The molecule has 0 fully saturated rings. The second-order valence-electron chi connectivity index (χ2n) is 12.6. The molecule has 1 atom stereocenters. The number of amidine groups is 2. The van der Waals surface area contributed by atoms with Crippen LogP contribution in [0.15, 0.2) is 183 Å². The summed E-state index contributed by atoms with van der Waals surface area (Å²) in [5.41, 5.74) is 10.9. The quantitative estimate of drug-likeness (QED) is 0.203. The Morgan fingerprint density at radius 3 is 1.88 bits per heavy atom. The molecule has 1 aliphatic heterocycles. The maximum absolute atomic E-state index is 6.54. The molecule has 50 heavy (non-hydrogen) atoms. The van der Waals surface area contributed by atoms with Crippen molar-refractivity contribution in [3.05, 3.63) is 180 Å². The van der Waals surface area contributed by atoms with E-state index in [1.165, 1.54) is 5.56 Å². The van der Waals surface area contributed by atoms with E-state index in [1.807, 2.05) is 54.6 Å². The molecule has 1 aliphatic rings. The standard InChI is InChI=1S/C45H29N3O2/c1-3-10-28(11-4-1)29-18-20-31(21-19-29)44-46-43(30-12-5-2-6-13-30)47-45(48-44)36-15-9-17-40-42(36)35-24-22-33(27-41(35)50-40)32-23-25-39-37(26-32)34-14-7-8-16-38(34)49-39/h1-27,45H,(H,46,47,48). The van der Waals surface area contributed by atoms with E-state index in [0.717, 1.165) is 83.1 Å². The van der Waals surface area contributed by atoms with E-state index in [1.54, 1.807) is 0 Å². The topological polar surface area (TPSA) is 63.0 Å². The Hall–Kier alpha value is -6.72. The van der Waals surface area contributed by atoms with Crippen LogP contribution >= 0.6 is 0 Å². The molecular formula is C45H29N3O2. The first-order chi connectivity index (χ1) is 24.7. The van der Waals surface area contributed by atoms with Crippen LogP contribution in [-0.4, -0.2) is 11.7 Å². The van der Waals surface area contributed by atoms with E-state index < -0.39 is 0 Å². The lowest BCUT2D eigenvalue weighted by atomic mass is 9.99. The Balaban J connectivity index is 1.06. The van der Waals surface area contributed by atoms with E-state index in [4.69, 9.17) is 18.8 Å². The molecule has 236 valence electrons. The van der Waals surface area contributed by atoms with Crippen molar-refractivity contribution in [3.8, 4) is 22.3 Å². The molecule has 9 aromatic rings. The molecule has 0 amide bonds. The molecule has 1 unspecified atom stereocenters. The van der Waals surface area contributed by atoms with Crippen molar-refractivity contribution in [2.45, 2.75) is 6.17 Å². The SMILES string of the molecule is c1ccc(C2=NC(c3cccc4oc5cc(-c6ccc7oc8ccccc8c7c6)ccc5c34)NC(c3ccc(-c4ccccc4)cc3)=N2)cc1. The van der Waals surface area contributed by atoms with Gasteiger partial charge in [0.05, 0.1) is 0 Å². The van der Waals surface area contributed by atoms with Crippen LogP contribution in [0.25, 0.3) is 66.1 Å². The molecule has 10 rings (SSSR count). The van der Waals surface area contributed by atoms with Crippen molar-refractivity contribution >= 4 is 55.5 Å². The lowest BCUT2D eigenvalue weighted by Crippen LogP contribution is -2.33. The van der Waals surface area contributed by atoms with Crippen molar-refractivity contribution in [1.29, 1.82) is 0 Å². The Morgan fingerprint density at radius 2 is 1.04 bits per heavy atom. The highest BCUT2D eigenvalue weighted by Crippen LogP contribution is 2.39. The monoisotopic (exact) mass is 643 g/mol. The third-order valence-corrected chi connectivity index (χ3v) is 9.57. The number of nitrogens with zero attached hydrogens (tertiary/aromatic N) is 2. The van der Waals surface area contributed by atoms with Crippen molar-refractivity contribution in [1.82, 2.24) is 5.32 Å². The molecular weight excluding hydrogens is 615 g/mol. The number of hydrogen-bond donors (Lipinski definition) is 1. The van der Waals surface area contributed by atoms with E-state index in [9.17, 15) is 0 Å². The lowest BCUT2D eigenvalue weighted by molar-refractivity contribution is 0.662. The van der Waals surface area contributed by atoms with Gasteiger partial charge in [-0.05, 0) is 58.7 Å². The summed E-state index contributed by atoms with van der Waals surface area (Å²) in [7, 11) is 0. The molecule has 7 aromatic carbocycles. The second-order valence-corrected chi connectivity index (χ2v) is 12.6. The molecule has 0 aliphatic carbocycles. The molecule has 0 bridgehead atoms. The number of benzene rings is 7. The zero-order chi connectivity index (χ0) is 33.0. The van der Waals surface area contributed by atoms with Gasteiger partial charge in [0.25, 0.3) is 0 Å². The van der Waals surface area contributed by atoms with Crippen LogP contribution in [0.3, 0.4) is 0 Å². The molecule has 0 saturated heterocycles. The molecule has 0 saturated carbocycles. The minimum Gasteiger partial charge on any atom is -0.456 e. The summed E-state index contributed by atoms with van der Waals surface area (Å²) >= 11 is 0. The van der Waals surface area contributed by atoms with Crippen molar-refractivity contribution in [3.63, 3.8) is 0 Å². The van der Waals surface area contributed by atoms with Gasteiger partial charge < -0.3 is 14.2 Å². The molecule has 3 heterocycles. The van der Waals surface area contributed by atoms with Gasteiger partial charge in [-0.1, -0.05) is 127 Å². The number of hydrogen-bond acceptors (Lipinski definition) is 5. The predicted octanol–water partition coefficient (Wildman–Crippen LogP) is 11.3. The minimum atomic E-state index is -0.382. The van der Waals surface area contributed by atoms with Crippen LogP contribution in [0.1, 0.15) is 22.9 Å². The fourth-order valence-corrected chi connectivity index (χ4v) is 7.09. The highest BCUT2D eigenvalue weighted by Gasteiger charge is 2.24. The maximum Gasteiger partial charge on any atom is 0.159 e. The number of rotatable bonds is 5. The van der Waals surface area contributed by atoms with Crippen LogP contribution in [0, 0.1) is 0 Å². The Morgan fingerprint density at radius 1 is 0.420 bits per heavy atom. The highest BCUT2D eigenvalue weighted by atomic mass is 16.3. The van der Waals surface area contributed by atoms with Gasteiger partial charge in [-0.2, -0.15) is 0 Å². The summed E-state index contributed by atoms with van der Waals surface area (Å²) in [6.07, 6.45) is -0.382. The summed E-state index contributed by atoms with van der Waals surface area (Å²) in [5, 5.41) is 7.98. The van der Waals surface area contributed by atoms with Crippen molar-refractivity contribution in [2.75, 3.05) is 0 Å². The average Bonchev–Trinajstić information content (AvgIpc) is 3.76. The van der Waals surface area contributed by atoms with E-state index in [2.05, 4.69) is 115 Å². The highest BCUT2D eigenvalue weighted by molar-refractivity contribution is 6.14. The third kappa shape index (κ3) is 4.79. The van der Waals surface area contributed by atoms with Gasteiger partial charge >= 0.3 is 0 Å². The predicted molar refractivity (Wildman–Crippen MR) is 204 cm³/mol. The van der Waals surface area contributed by atoms with Crippen molar-refractivity contribution < 1.29 is 8.83 Å². The van der Waals surface area contributed by atoms with Crippen LogP contribution < -0.4 is 5.32 Å². The smallest absolute Gasteiger partial charge is 0.159 e. The Labute approximate surface area is 287 Å². The molecule has 5 nitrogen and oxygen atoms in total. The molecule has 5 heteroatoms. The first-order valence-electron chi connectivity index (χ1n) is 16.8. The third-order valence-electron chi connectivity index (χ3n) is 9.57. The number of nitrogens with one attached hydrogen (secondary N) is 1. The van der Waals surface area contributed by atoms with Crippen LogP contribution in [0.5, 0.6) is 0 Å². The average molecular weight is 644 g/mol. The van der Waals surface area contributed by atoms with E-state index in [-0.39, 0.29) is 6.17 Å². The second kappa shape index (κ2) is 11.5. The fraction of sp³-hybridized carbons (Fsp3) is 0.0222. The van der Waals surface area contributed by atoms with Crippen LogP contribution in [0.2, 0.25) is 0 Å². The molecule has 1 N–H and O–H groups in total. The molecule has 0 radical (unpaired) electrons. The van der Waals surface area contributed by atoms with Crippen LogP contribution in [0.4, 0.5) is 0 Å². The van der Waals surface area contributed by atoms with Gasteiger partial charge in [0.2, 0.25) is 0 Å². The largest absolute Gasteiger partial charge is 0.456 e. The summed E-state index contributed by atoms with van der Waals surface area (Å²) < 4.78 is 12.6. The number of aliphatic imine (C=N–C) groups is 2. The van der Waals surface area contributed by atoms with Gasteiger partial charge in [-0.25, -0.2) is 9.98 Å². The lowest BCUT2D eigenvalue weighted by Gasteiger charge is -2.24. The first kappa shape index (κ1) is 28.3. The number of fused-ring (bicyclic) bond motifs is 6. The Kier molecular flexibility index (Phi) is 6.49. The summed E-state index contributed by atoms with van der Waals surface area (Å²) in [4.78, 5) is 10.2. The van der Waals surface area contributed by atoms with Crippen LogP contribution in [-0.2, 0) is 0 Å². The van der Waals surface area contributed by atoms with Crippen molar-refractivity contribution in [2.24, 2.45) is 9.98 Å². The normalized spacial score (nSPS) is 14.6.